The van der Waals surface area contributed by atoms with Gasteiger partial charge in [-0.05, 0) is 38.1 Å². The van der Waals surface area contributed by atoms with Gasteiger partial charge >= 0.3 is 0 Å². The summed E-state index contributed by atoms with van der Waals surface area (Å²) in [5, 5.41) is 0. The van der Waals surface area contributed by atoms with Gasteiger partial charge in [0.15, 0.2) is 0 Å². The lowest BCUT2D eigenvalue weighted by Gasteiger charge is -2.20. The summed E-state index contributed by atoms with van der Waals surface area (Å²) in [7, 11) is 0. The quantitative estimate of drug-likeness (QED) is 0.789. The maximum Gasteiger partial charge on any atom is 0.263 e. The molecule has 0 unspecified atom stereocenters. The number of nitrogens with zero attached hydrogens (tertiary/aromatic N) is 2. The Morgan fingerprint density at radius 1 is 0.600 bits per heavy atom. The molecule has 0 atom stereocenters. The Labute approximate surface area is 143 Å². The normalized spacial score (nSPS) is 15.9. The molecule has 6 heteroatoms. The van der Waals surface area contributed by atoms with Crippen LogP contribution in [-0.4, -0.2) is 40.1 Å². The molecule has 2 aliphatic rings. The standard InChI is InChI=1S/C19H14N2O4/c1-10-3-5-12-14(7-10)18(24)20(16(12)22)9-21-17(23)13-6-4-11(2)8-15(13)19(21)25/h3-8H,9H2,1-2H3. The van der Waals surface area contributed by atoms with Crippen molar-refractivity contribution in [2.75, 3.05) is 6.67 Å². The Morgan fingerprint density at radius 3 is 1.36 bits per heavy atom. The highest BCUT2D eigenvalue weighted by molar-refractivity contribution is 6.24. The van der Waals surface area contributed by atoms with Gasteiger partial charge in [-0.25, -0.2) is 0 Å². The van der Waals surface area contributed by atoms with Crippen molar-refractivity contribution in [1.29, 1.82) is 0 Å². The minimum Gasteiger partial charge on any atom is -0.269 e. The minimum absolute atomic E-state index is 0.294. The Kier molecular flexibility index (Phi) is 3.12. The second-order valence-electron chi connectivity index (χ2n) is 6.32. The van der Waals surface area contributed by atoms with Gasteiger partial charge in [0.25, 0.3) is 23.6 Å². The number of fused-ring (bicyclic) bond motifs is 2. The monoisotopic (exact) mass is 334 g/mol. The molecule has 2 heterocycles. The van der Waals surface area contributed by atoms with E-state index in [0.29, 0.717) is 22.3 Å². The third kappa shape index (κ3) is 2.11. The predicted octanol–water partition coefficient (Wildman–Crippen LogP) is 2.15. The van der Waals surface area contributed by atoms with Crippen LogP contribution in [0.4, 0.5) is 0 Å². The molecule has 4 rings (SSSR count). The molecular weight excluding hydrogens is 320 g/mol. The molecular formula is C19H14N2O4. The summed E-state index contributed by atoms with van der Waals surface area (Å²) in [6.07, 6.45) is 0. The molecule has 2 aromatic carbocycles. The Bertz CT molecular complexity index is 913. The van der Waals surface area contributed by atoms with Crippen LogP contribution in [0.15, 0.2) is 36.4 Å². The van der Waals surface area contributed by atoms with Crippen molar-refractivity contribution in [1.82, 2.24) is 9.80 Å². The highest BCUT2D eigenvalue weighted by atomic mass is 16.2. The van der Waals surface area contributed by atoms with Gasteiger partial charge in [-0.1, -0.05) is 23.3 Å². The maximum atomic E-state index is 12.5. The van der Waals surface area contributed by atoms with Gasteiger partial charge in [0.05, 0.1) is 22.3 Å². The second kappa shape index (κ2) is 5.11. The van der Waals surface area contributed by atoms with Crippen LogP contribution < -0.4 is 0 Å². The third-order valence-electron chi connectivity index (χ3n) is 4.54. The van der Waals surface area contributed by atoms with Crippen LogP contribution in [0.5, 0.6) is 0 Å². The highest BCUT2D eigenvalue weighted by Gasteiger charge is 2.42. The molecule has 124 valence electrons. The minimum atomic E-state index is -0.493. The SMILES string of the molecule is Cc1ccc2c(c1)C(=O)N(CN1C(=O)c3ccc(C)cc3C1=O)C2=O. The molecule has 6 nitrogen and oxygen atoms in total. The van der Waals surface area contributed by atoms with Crippen LogP contribution in [0.1, 0.15) is 52.6 Å². The summed E-state index contributed by atoms with van der Waals surface area (Å²) in [5.41, 5.74) is 2.91. The molecule has 2 aliphatic heterocycles. The van der Waals surface area contributed by atoms with Gasteiger partial charge in [-0.3, -0.25) is 29.0 Å². The first-order chi connectivity index (χ1) is 11.9. The molecule has 0 radical (unpaired) electrons. The van der Waals surface area contributed by atoms with Crippen molar-refractivity contribution in [3.05, 3.63) is 69.8 Å². The van der Waals surface area contributed by atoms with Gasteiger partial charge in [0.2, 0.25) is 0 Å². The average Bonchev–Trinajstić information content (AvgIpc) is 2.95. The fourth-order valence-corrected chi connectivity index (χ4v) is 3.21. The summed E-state index contributed by atoms with van der Waals surface area (Å²) in [4.78, 5) is 52.0. The zero-order chi connectivity index (χ0) is 17.9. The summed E-state index contributed by atoms with van der Waals surface area (Å²) >= 11 is 0. The Hall–Kier alpha value is -3.28. The van der Waals surface area contributed by atoms with E-state index in [0.717, 1.165) is 20.9 Å². The van der Waals surface area contributed by atoms with E-state index in [2.05, 4.69) is 0 Å². The molecule has 4 amide bonds. The zero-order valence-corrected chi connectivity index (χ0v) is 13.7. The van der Waals surface area contributed by atoms with Crippen molar-refractivity contribution in [2.45, 2.75) is 13.8 Å². The Morgan fingerprint density at radius 2 is 0.960 bits per heavy atom. The molecule has 25 heavy (non-hydrogen) atoms. The zero-order valence-electron chi connectivity index (χ0n) is 13.7. The van der Waals surface area contributed by atoms with E-state index in [9.17, 15) is 19.2 Å². The maximum absolute atomic E-state index is 12.5. The van der Waals surface area contributed by atoms with Gasteiger partial charge < -0.3 is 0 Å². The number of carbonyl (C=O) groups is 4. The lowest BCUT2D eigenvalue weighted by molar-refractivity contribution is 0.0471. The van der Waals surface area contributed by atoms with Crippen LogP contribution in [0.2, 0.25) is 0 Å². The average molecular weight is 334 g/mol. The first kappa shape index (κ1) is 15.3. The molecule has 0 bridgehead atoms. The van der Waals surface area contributed by atoms with E-state index < -0.39 is 23.6 Å². The van der Waals surface area contributed by atoms with E-state index in [-0.39, 0.29) is 6.67 Å². The van der Waals surface area contributed by atoms with Gasteiger partial charge in [0.1, 0.15) is 6.67 Å². The summed E-state index contributed by atoms with van der Waals surface area (Å²) < 4.78 is 0. The topological polar surface area (TPSA) is 74.8 Å². The van der Waals surface area contributed by atoms with Gasteiger partial charge in [-0.2, -0.15) is 0 Å². The van der Waals surface area contributed by atoms with Gasteiger partial charge in [-0.15, -0.1) is 0 Å². The Balaban J connectivity index is 1.66. The number of benzene rings is 2. The predicted molar refractivity (Wildman–Crippen MR) is 88.2 cm³/mol. The number of imide groups is 2. The smallest absolute Gasteiger partial charge is 0.263 e. The van der Waals surface area contributed by atoms with Crippen LogP contribution in [0.3, 0.4) is 0 Å². The summed E-state index contributed by atoms with van der Waals surface area (Å²) in [6.45, 7) is 3.27. The molecule has 0 aliphatic carbocycles. The number of hydrogen-bond donors (Lipinski definition) is 0. The first-order valence-corrected chi connectivity index (χ1v) is 7.82. The number of aryl methyl sites for hydroxylation is 2. The fourth-order valence-electron chi connectivity index (χ4n) is 3.21. The molecule has 2 aromatic rings. The van der Waals surface area contributed by atoms with Crippen LogP contribution in [-0.2, 0) is 0 Å². The largest absolute Gasteiger partial charge is 0.269 e. The van der Waals surface area contributed by atoms with Crippen molar-refractivity contribution in [3.8, 4) is 0 Å². The molecule has 0 saturated heterocycles. The van der Waals surface area contributed by atoms with Crippen LogP contribution >= 0.6 is 0 Å². The number of amides is 4. The van der Waals surface area contributed by atoms with Crippen molar-refractivity contribution in [2.24, 2.45) is 0 Å². The van der Waals surface area contributed by atoms with Crippen molar-refractivity contribution in [3.63, 3.8) is 0 Å². The summed E-state index contributed by atoms with van der Waals surface area (Å²) in [6, 6.07) is 9.96. The van der Waals surface area contributed by atoms with Crippen LogP contribution in [0.25, 0.3) is 0 Å². The molecule has 0 spiro atoms. The van der Waals surface area contributed by atoms with E-state index in [4.69, 9.17) is 0 Å². The van der Waals surface area contributed by atoms with Crippen molar-refractivity contribution < 1.29 is 19.2 Å². The lowest BCUT2D eigenvalue weighted by atomic mass is 10.1. The number of hydrogen-bond acceptors (Lipinski definition) is 4. The van der Waals surface area contributed by atoms with E-state index in [1.165, 1.54) is 0 Å². The third-order valence-corrected chi connectivity index (χ3v) is 4.54. The molecule has 0 fully saturated rings. The first-order valence-electron chi connectivity index (χ1n) is 7.82. The fraction of sp³-hybridized carbons (Fsp3) is 0.158. The number of carbonyl (C=O) groups excluding carboxylic acids is 4. The van der Waals surface area contributed by atoms with E-state index in [1.807, 2.05) is 13.8 Å². The van der Waals surface area contributed by atoms with Crippen LogP contribution in [0, 0.1) is 13.8 Å². The summed E-state index contributed by atoms with van der Waals surface area (Å²) in [5.74, 6) is -1.96. The van der Waals surface area contributed by atoms with E-state index in [1.54, 1.807) is 36.4 Å². The van der Waals surface area contributed by atoms with Gasteiger partial charge in [0, 0.05) is 0 Å². The number of rotatable bonds is 2. The van der Waals surface area contributed by atoms with Crippen molar-refractivity contribution >= 4 is 23.6 Å². The molecule has 0 saturated carbocycles. The molecule has 0 N–H and O–H groups in total. The van der Waals surface area contributed by atoms with E-state index >= 15 is 0 Å². The highest BCUT2D eigenvalue weighted by Crippen LogP contribution is 2.28. The lowest BCUT2D eigenvalue weighted by Crippen LogP contribution is -2.43. The molecule has 0 aromatic heterocycles. The second-order valence-corrected chi connectivity index (χ2v) is 6.32.